The van der Waals surface area contributed by atoms with Crippen molar-refractivity contribution in [3.05, 3.63) is 23.3 Å². The lowest BCUT2D eigenvalue weighted by Crippen LogP contribution is -2.34. The summed E-state index contributed by atoms with van der Waals surface area (Å²) in [4.78, 5) is 0. The molecule has 4 heteroatoms. The Morgan fingerprint density at radius 1 is 1.21 bits per heavy atom. The van der Waals surface area contributed by atoms with Gasteiger partial charge in [0.15, 0.2) is 0 Å². The van der Waals surface area contributed by atoms with Crippen molar-refractivity contribution in [3.63, 3.8) is 0 Å². The summed E-state index contributed by atoms with van der Waals surface area (Å²) in [7, 11) is -1.41. The lowest BCUT2D eigenvalue weighted by molar-refractivity contribution is 0.340. The summed E-state index contributed by atoms with van der Waals surface area (Å²) in [6.45, 7) is 6.20. The van der Waals surface area contributed by atoms with Gasteiger partial charge in [0.25, 0.3) is 0 Å². The molecule has 1 aromatic carbocycles. The van der Waals surface area contributed by atoms with Crippen molar-refractivity contribution < 1.29 is 14.8 Å². The van der Waals surface area contributed by atoms with Crippen molar-refractivity contribution in [1.82, 2.24) is 0 Å². The molecule has 0 aliphatic rings. The van der Waals surface area contributed by atoms with Gasteiger partial charge in [-0.05, 0) is 49.5 Å². The Morgan fingerprint density at radius 2 is 1.71 bits per heavy atom. The number of aryl methyl sites for hydroxylation is 2. The molecule has 0 saturated carbocycles. The van der Waals surface area contributed by atoms with E-state index >= 15 is 0 Å². The maximum atomic E-state index is 9.12. The molecule has 0 saturated heterocycles. The van der Waals surface area contributed by atoms with Crippen LogP contribution in [0.4, 0.5) is 0 Å². The Hall–Kier alpha value is -0.995. The zero-order valence-electron chi connectivity index (χ0n) is 8.74. The summed E-state index contributed by atoms with van der Waals surface area (Å²) in [5.74, 6) is 0.770. The first-order valence-corrected chi connectivity index (χ1v) is 4.66. The van der Waals surface area contributed by atoms with Gasteiger partial charge in [-0.3, -0.25) is 0 Å². The molecule has 0 amide bonds. The molecule has 76 valence electrons. The average Bonchev–Trinajstić information content (AvgIpc) is 2.01. The van der Waals surface area contributed by atoms with Gasteiger partial charge in [-0.1, -0.05) is 0 Å². The maximum absolute atomic E-state index is 9.12. The zero-order valence-corrected chi connectivity index (χ0v) is 8.74. The normalized spacial score (nSPS) is 10.1. The molecule has 2 N–H and O–H groups in total. The lowest BCUT2D eigenvalue weighted by Gasteiger charge is -2.11. The fraction of sp³-hybridized carbons (Fsp3) is 0.400. The second-order valence-corrected chi connectivity index (χ2v) is 3.28. The molecule has 0 bridgehead atoms. The quantitative estimate of drug-likeness (QED) is 0.684. The lowest BCUT2D eigenvalue weighted by atomic mass is 9.74. The predicted octanol–water partition coefficient (Wildman–Crippen LogP) is 0.382. The van der Waals surface area contributed by atoms with E-state index in [4.69, 9.17) is 14.8 Å². The van der Waals surface area contributed by atoms with Crippen molar-refractivity contribution in [2.24, 2.45) is 0 Å². The highest BCUT2D eigenvalue weighted by Crippen LogP contribution is 2.14. The minimum Gasteiger partial charge on any atom is -0.494 e. The van der Waals surface area contributed by atoms with E-state index in [1.807, 2.05) is 32.9 Å². The van der Waals surface area contributed by atoms with Gasteiger partial charge in [-0.25, -0.2) is 0 Å². The number of hydrogen-bond donors (Lipinski definition) is 2. The first-order chi connectivity index (χ1) is 6.56. The van der Waals surface area contributed by atoms with Crippen LogP contribution in [0.3, 0.4) is 0 Å². The van der Waals surface area contributed by atoms with Gasteiger partial charge in [0.05, 0.1) is 6.61 Å². The van der Waals surface area contributed by atoms with Crippen LogP contribution in [0.2, 0.25) is 0 Å². The number of benzene rings is 1. The number of hydrogen-bond acceptors (Lipinski definition) is 3. The minimum absolute atomic E-state index is 0.563. The van der Waals surface area contributed by atoms with E-state index in [9.17, 15) is 0 Å². The molecule has 0 heterocycles. The maximum Gasteiger partial charge on any atom is 0.488 e. The van der Waals surface area contributed by atoms with Crippen LogP contribution in [0, 0.1) is 13.8 Å². The number of rotatable bonds is 3. The van der Waals surface area contributed by atoms with Gasteiger partial charge in [0.1, 0.15) is 5.75 Å². The molecule has 14 heavy (non-hydrogen) atoms. The standard InChI is InChI=1S/C10H15BO3/c1-4-14-9-5-7(2)10(11(12)13)8(3)6-9/h5-6,12-13H,4H2,1-3H3. The highest BCUT2D eigenvalue weighted by atomic mass is 16.5. The van der Waals surface area contributed by atoms with Crippen LogP contribution in [0.15, 0.2) is 12.1 Å². The molecular weight excluding hydrogens is 179 g/mol. The summed E-state index contributed by atoms with van der Waals surface area (Å²) in [5, 5.41) is 18.2. The summed E-state index contributed by atoms with van der Waals surface area (Å²) in [5.41, 5.74) is 2.24. The van der Waals surface area contributed by atoms with Crippen molar-refractivity contribution in [2.75, 3.05) is 6.61 Å². The molecule has 0 radical (unpaired) electrons. The van der Waals surface area contributed by atoms with Gasteiger partial charge in [0.2, 0.25) is 0 Å². The van der Waals surface area contributed by atoms with Crippen molar-refractivity contribution >= 4 is 12.6 Å². The molecule has 1 aromatic rings. The molecule has 0 unspecified atom stereocenters. The Labute approximate surface area is 84.5 Å². The predicted molar refractivity (Wildman–Crippen MR) is 56.9 cm³/mol. The minimum atomic E-state index is -1.41. The topological polar surface area (TPSA) is 49.7 Å². The summed E-state index contributed by atoms with van der Waals surface area (Å²) in [6, 6.07) is 3.62. The SMILES string of the molecule is CCOc1cc(C)c(B(O)O)c(C)c1. The van der Waals surface area contributed by atoms with Gasteiger partial charge in [-0.15, -0.1) is 0 Å². The molecule has 0 aliphatic carbocycles. The van der Waals surface area contributed by atoms with E-state index in [1.165, 1.54) is 0 Å². The Balaban J connectivity index is 3.11. The van der Waals surface area contributed by atoms with Crippen LogP contribution in [-0.2, 0) is 0 Å². The Morgan fingerprint density at radius 3 is 2.07 bits per heavy atom. The van der Waals surface area contributed by atoms with E-state index in [2.05, 4.69) is 0 Å². The third-order valence-corrected chi connectivity index (χ3v) is 2.14. The van der Waals surface area contributed by atoms with Crippen LogP contribution in [0.1, 0.15) is 18.1 Å². The molecule has 0 fully saturated rings. The Kier molecular flexibility index (Phi) is 3.55. The second-order valence-electron chi connectivity index (χ2n) is 3.28. The van der Waals surface area contributed by atoms with Gasteiger partial charge in [-0.2, -0.15) is 0 Å². The summed E-state index contributed by atoms with van der Waals surface area (Å²) in [6.07, 6.45) is 0. The highest BCUT2D eigenvalue weighted by Gasteiger charge is 2.17. The number of ether oxygens (including phenoxy) is 1. The highest BCUT2D eigenvalue weighted by molar-refractivity contribution is 6.59. The Bertz CT molecular complexity index is 300. The van der Waals surface area contributed by atoms with Crippen molar-refractivity contribution in [3.8, 4) is 5.75 Å². The largest absolute Gasteiger partial charge is 0.494 e. The van der Waals surface area contributed by atoms with E-state index in [0.717, 1.165) is 16.9 Å². The third kappa shape index (κ3) is 2.27. The second kappa shape index (κ2) is 4.48. The van der Waals surface area contributed by atoms with Crippen LogP contribution in [0.25, 0.3) is 0 Å². The molecule has 3 nitrogen and oxygen atoms in total. The smallest absolute Gasteiger partial charge is 0.488 e. The first-order valence-electron chi connectivity index (χ1n) is 4.66. The van der Waals surface area contributed by atoms with Crippen molar-refractivity contribution in [1.29, 1.82) is 0 Å². The van der Waals surface area contributed by atoms with E-state index in [1.54, 1.807) is 0 Å². The van der Waals surface area contributed by atoms with Gasteiger partial charge in [0, 0.05) is 0 Å². The third-order valence-electron chi connectivity index (χ3n) is 2.14. The van der Waals surface area contributed by atoms with E-state index in [0.29, 0.717) is 12.1 Å². The van der Waals surface area contributed by atoms with Crippen LogP contribution < -0.4 is 10.2 Å². The van der Waals surface area contributed by atoms with Gasteiger partial charge >= 0.3 is 7.12 Å². The van der Waals surface area contributed by atoms with Crippen LogP contribution in [-0.4, -0.2) is 23.8 Å². The van der Waals surface area contributed by atoms with Crippen LogP contribution >= 0.6 is 0 Å². The first kappa shape index (κ1) is 11.1. The summed E-state index contributed by atoms with van der Waals surface area (Å²) < 4.78 is 5.34. The molecule has 0 aliphatic heterocycles. The molecule has 0 spiro atoms. The summed E-state index contributed by atoms with van der Waals surface area (Å²) >= 11 is 0. The fourth-order valence-electron chi connectivity index (χ4n) is 1.59. The fourth-order valence-corrected chi connectivity index (χ4v) is 1.59. The molecule has 1 rings (SSSR count). The molecular formula is C10H15BO3. The van der Waals surface area contributed by atoms with Gasteiger partial charge < -0.3 is 14.8 Å². The molecule has 0 atom stereocenters. The average molecular weight is 194 g/mol. The monoisotopic (exact) mass is 194 g/mol. The zero-order chi connectivity index (χ0) is 10.7. The van der Waals surface area contributed by atoms with E-state index < -0.39 is 7.12 Å². The van der Waals surface area contributed by atoms with Crippen LogP contribution in [0.5, 0.6) is 5.75 Å². The van der Waals surface area contributed by atoms with E-state index in [-0.39, 0.29) is 0 Å². The van der Waals surface area contributed by atoms with Crippen molar-refractivity contribution in [2.45, 2.75) is 20.8 Å². The molecule has 0 aromatic heterocycles.